The van der Waals surface area contributed by atoms with Crippen molar-refractivity contribution in [2.24, 2.45) is 0 Å². The highest BCUT2D eigenvalue weighted by Gasteiger charge is 2.26. The average Bonchev–Trinajstić information content (AvgIpc) is 2.69. The summed E-state index contributed by atoms with van der Waals surface area (Å²) in [6.45, 7) is -1.79. The molecule has 3 rings (SSSR count). The first-order chi connectivity index (χ1) is 13.4. The lowest BCUT2D eigenvalue weighted by Gasteiger charge is -2.26. The second kappa shape index (κ2) is 8.63. The highest BCUT2D eigenvalue weighted by atomic mass is 32.2. The molecule has 0 spiro atoms. The molecule has 2 aromatic rings. The number of hydrogen-bond donors (Lipinski definition) is 0. The molecule has 2 aromatic carbocycles. The third-order valence-corrected chi connectivity index (χ3v) is 5.85. The summed E-state index contributed by atoms with van der Waals surface area (Å²) in [6, 6.07) is 10.6. The van der Waals surface area contributed by atoms with Gasteiger partial charge < -0.3 is 14.2 Å². The first-order valence-corrected chi connectivity index (χ1v) is 9.75. The van der Waals surface area contributed by atoms with Gasteiger partial charge in [0.05, 0.1) is 23.7 Å². The van der Waals surface area contributed by atoms with E-state index < -0.39 is 22.6 Å². The minimum Gasteiger partial charge on any atom is -0.435 e. The molecule has 0 N–H and O–H groups in total. The van der Waals surface area contributed by atoms with Gasteiger partial charge in [-0.15, -0.1) is 0 Å². The van der Waals surface area contributed by atoms with E-state index in [0.717, 1.165) is 6.07 Å². The molecule has 0 aromatic heterocycles. The quantitative estimate of drug-likeness (QED) is 0.535. The highest BCUT2D eigenvalue weighted by Crippen LogP contribution is 2.22. The van der Waals surface area contributed by atoms with Gasteiger partial charge >= 0.3 is 12.6 Å². The van der Waals surface area contributed by atoms with Crippen molar-refractivity contribution in [3.63, 3.8) is 0 Å². The van der Waals surface area contributed by atoms with Gasteiger partial charge in [-0.1, -0.05) is 6.07 Å². The molecule has 150 valence electrons. The predicted octanol–water partition coefficient (Wildman–Crippen LogP) is 2.53. The van der Waals surface area contributed by atoms with Crippen LogP contribution in [0.4, 0.5) is 8.78 Å². The molecule has 0 unspecified atom stereocenters. The summed E-state index contributed by atoms with van der Waals surface area (Å²) in [5, 5.41) is 0. The summed E-state index contributed by atoms with van der Waals surface area (Å²) in [5.41, 5.74) is 0.0168. The van der Waals surface area contributed by atoms with Crippen molar-refractivity contribution < 1.29 is 36.2 Å². The third kappa shape index (κ3) is 4.83. The molecule has 1 saturated heterocycles. The molecule has 1 fully saturated rings. The van der Waals surface area contributed by atoms with Gasteiger partial charge in [0.25, 0.3) is 0 Å². The number of benzene rings is 2. The molecule has 0 radical (unpaired) electrons. The molecule has 1 aliphatic heterocycles. The number of rotatable bonds is 6. The number of alkyl halides is 2. The fraction of sp³-hybridized carbons (Fsp3) is 0.278. The Bertz CT molecular complexity index is 927. The standard InChI is InChI=1S/C18H17F2NO6S/c19-18(20)27-15-3-1-2-13(12-15)17(22)26-14-4-6-16(7-5-14)28(23,24)21-8-10-25-11-9-21/h1-7,12,18H,8-11H2. The first kappa shape index (κ1) is 20.2. The number of nitrogens with zero attached hydrogens (tertiary/aromatic N) is 1. The van der Waals surface area contributed by atoms with Crippen LogP contribution in [-0.4, -0.2) is 51.6 Å². The largest absolute Gasteiger partial charge is 0.435 e. The Morgan fingerprint density at radius 2 is 1.71 bits per heavy atom. The Labute approximate surface area is 160 Å². The van der Waals surface area contributed by atoms with Crippen LogP contribution in [0.15, 0.2) is 53.4 Å². The Morgan fingerprint density at radius 1 is 1.04 bits per heavy atom. The number of hydrogen-bond acceptors (Lipinski definition) is 6. The van der Waals surface area contributed by atoms with Crippen molar-refractivity contribution in [3.8, 4) is 11.5 Å². The van der Waals surface area contributed by atoms with Gasteiger partial charge in [-0.25, -0.2) is 13.2 Å². The lowest BCUT2D eigenvalue weighted by Crippen LogP contribution is -2.40. The van der Waals surface area contributed by atoms with Crippen molar-refractivity contribution in [3.05, 3.63) is 54.1 Å². The zero-order valence-corrected chi connectivity index (χ0v) is 15.4. The number of halogens is 2. The van der Waals surface area contributed by atoms with E-state index >= 15 is 0 Å². The van der Waals surface area contributed by atoms with E-state index in [2.05, 4.69) is 4.74 Å². The predicted molar refractivity (Wildman–Crippen MR) is 94.1 cm³/mol. The van der Waals surface area contributed by atoms with E-state index in [1.807, 2.05) is 0 Å². The maximum absolute atomic E-state index is 12.6. The minimum absolute atomic E-state index is 0.0168. The Balaban J connectivity index is 1.69. The molecule has 0 atom stereocenters. The average molecular weight is 413 g/mol. The maximum Gasteiger partial charge on any atom is 0.387 e. The maximum atomic E-state index is 12.6. The fourth-order valence-electron chi connectivity index (χ4n) is 2.58. The van der Waals surface area contributed by atoms with Crippen LogP contribution in [0.25, 0.3) is 0 Å². The highest BCUT2D eigenvalue weighted by molar-refractivity contribution is 7.89. The minimum atomic E-state index is -3.65. The number of esters is 1. The SMILES string of the molecule is O=C(Oc1ccc(S(=O)(=O)N2CCOCC2)cc1)c1cccc(OC(F)F)c1. The van der Waals surface area contributed by atoms with Gasteiger partial charge in [0.15, 0.2) is 0 Å². The number of ether oxygens (including phenoxy) is 3. The van der Waals surface area contributed by atoms with E-state index in [-0.39, 0.29) is 35.0 Å². The van der Waals surface area contributed by atoms with Gasteiger partial charge in [-0.2, -0.15) is 13.1 Å². The van der Waals surface area contributed by atoms with Crippen LogP contribution >= 0.6 is 0 Å². The molecular weight excluding hydrogens is 396 g/mol. The normalized spacial score (nSPS) is 15.4. The molecule has 0 saturated carbocycles. The van der Waals surface area contributed by atoms with Crippen LogP contribution in [0.1, 0.15) is 10.4 Å². The topological polar surface area (TPSA) is 82.1 Å². The summed E-state index contributed by atoms with van der Waals surface area (Å²) >= 11 is 0. The summed E-state index contributed by atoms with van der Waals surface area (Å²) in [6.07, 6.45) is 0. The summed E-state index contributed by atoms with van der Waals surface area (Å²) in [5.74, 6) is -0.842. The monoisotopic (exact) mass is 413 g/mol. The molecule has 28 heavy (non-hydrogen) atoms. The Morgan fingerprint density at radius 3 is 2.36 bits per heavy atom. The van der Waals surface area contributed by atoms with E-state index in [4.69, 9.17) is 9.47 Å². The first-order valence-electron chi connectivity index (χ1n) is 8.31. The second-order valence-electron chi connectivity index (χ2n) is 5.78. The summed E-state index contributed by atoms with van der Waals surface area (Å²) in [7, 11) is -3.65. The number of sulfonamides is 1. The van der Waals surface area contributed by atoms with Crippen LogP contribution < -0.4 is 9.47 Å². The molecular formula is C18H17F2NO6S. The van der Waals surface area contributed by atoms with E-state index in [1.54, 1.807) is 0 Å². The molecule has 0 bridgehead atoms. The molecule has 1 heterocycles. The molecule has 0 aliphatic carbocycles. The zero-order valence-electron chi connectivity index (χ0n) is 14.6. The third-order valence-electron chi connectivity index (χ3n) is 3.94. The number of carbonyl (C=O) groups excluding carboxylic acids is 1. The smallest absolute Gasteiger partial charge is 0.387 e. The van der Waals surface area contributed by atoms with E-state index in [9.17, 15) is 22.0 Å². The molecule has 7 nitrogen and oxygen atoms in total. The van der Waals surface area contributed by atoms with Gasteiger partial charge in [0.1, 0.15) is 11.5 Å². The summed E-state index contributed by atoms with van der Waals surface area (Å²) < 4.78 is 65.5. The lowest BCUT2D eigenvalue weighted by molar-refractivity contribution is -0.0499. The lowest BCUT2D eigenvalue weighted by atomic mass is 10.2. The van der Waals surface area contributed by atoms with Gasteiger partial charge in [-0.05, 0) is 42.5 Å². The van der Waals surface area contributed by atoms with Crippen LogP contribution in [0.3, 0.4) is 0 Å². The molecule has 0 amide bonds. The van der Waals surface area contributed by atoms with Crippen molar-refractivity contribution in [2.45, 2.75) is 11.5 Å². The van der Waals surface area contributed by atoms with Crippen LogP contribution in [-0.2, 0) is 14.8 Å². The number of carbonyl (C=O) groups is 1. The van der Waals surface area contributed by atoms with Gasteiger partial charge in [0, 0.05) is 13.1 Å². The van der Waals surface area contributed by atoms with Crippen LogP contribution in [0, 0.1) is 0 Å². The summed E-state index contributed by atoms with van der Waals surface area (Å²) in [4.78, 5) is 12.2. The second-order valence-corrected chi connectivity index (χ2v) is 7.72. The zero-order chi connectivity index (χ0) is 20.1. The van der Waals surface area contributed by atoms with E-state index in [1.165, 1.54) is 46.8 Å². The fourth-order valence-corrected chi connectivity index (χ4v) is 3.99. The van der Waals surface area contributed by atoms with Gasteiger partial charge in [0.2, 0.25) is 10.0 Å². The Hall–Kier alpha value is -2.56. The van der Waals surface area contributed by atoms with Crippen LogP contribution in [0.5, 0.6) is 11.5 Å². The molecule has 1 aliphatic rings. The molecule has 10 heteroatoms. The van der Waals surface area contributed by atoms with E-state index in [0.29, 0.717) is 13.2 Å². The van der Waals surface area contributed by atoms with Crippen molar-refractivity contribution >= 4 is 16.0 Å². The Kier molecular flexibility index (Phi) is 6.22. The van der Waals surface area contributed by atoms with Crippen LogP contribution in [0.2, 0.25) is 0 Å². The van der Waals surface area contributed by atoms with Crippen molar-refractivity contribution in [1.82, 2.24) is 4.31 Å². The number of morpholine rings is 1. The van der Waals surface area contributed by atoms with Crippen molar-refractivity contribution in [2.75, 3.05) is 26.3 Å². The van der Waals surface area contributed by atoms with Gasteiger partial charge in [-0.3, -0.25) is 0 Å². The van der Waals surface area contributed by atoms with Crippen molar-refractivity contribution in [1.29, 1.82) is 0 Å².